The van der Waals surface area contributed by atoms with E-state index in [0.29, 0.717) is 5.52 Å². The minimum Gasteiger partial charge on any atom is -0.502 e. The Morgan fingerprint density at radius 2 is 1.84 bits per heavy atom. The van der Waals surface area contributed by atoms with Gasteiger partial charge in [-0.1, -0.05) is 44.2 Å². The fourth-order valence-corrected chi connectivity index (χ4v) is 6.36. The first kappa shape index (κ1) is 31.4. The molecule has 228 valence electrons. The summed E-state index contributed by atoms with van der Waals surface area (Å²) in [4.78, 5) is 27.7. The van der Waals surface area contributed by atoms with Gasteiger partial charge in [0, 0.05) is 36.3 Å². The van der Waals surface area contributed by atoms with Crippen molar-refractivity contribution in [2.45, 2.75) is 44.2 Å². The molecule has 2 unspecified atom stereocenters. The first-order chi connectivity index (χ1) is 20.3. The molecule has 0 radical (unpaired) electrons. The van der Waals surface area contributed by atoms with Gasteiger partial charge in [-0.3, -0.25) is 14.9 Å². The number of hydrogen-bond acceptors (Lipinski definition) is 10. The molecular formula is C29H33N5O8S. The van der Waals surface area contributed by atoms with Crippen molar-refractivity contribution in [3.8, 4) is 5.75 Å². The Hall–Kier alpha value is -4.53. The second-order valence-corrected chi connectivity index (χ2v) is 12.5. The molecule has 1 amide bonds. The van der Waals surface area contributed by atoms with Gasteiger partial charge in [-0.2, -0.15) is 9.29 Å². The number of hydrogen-bond donors (Lipinski definition) is 4. The highest BCUT2D eigenvalue weighted by molar-refractivity contribution is 7.89. The first-order valence-corrected chi connectivity index (χ1v) is 14.9. The van der Waals surface area contributed by atoms with Crippen LogP contribution in [0.5, 0.6) is 5.75 Å². The van der Waals surface area contributed by atoms with Crippen molar-refractivity contribution in [3.05, 3.63) is 87.5 Å². The molecule has 0 fully saturated rings. The lowest BCUT2D eigenvalue weighted by Crippen LogP contribution is -2.51. The third-order valence-electron chi connectivity index (χ3n) is 6.90. The molecule has 43 heavy (non-hydrogen) atoms. The molecule has 14 heteroatoms. The summed E-state index contributed by atoms with van der Waals surface area (Å²) >= 11 is 0. The van der Waals surface area contributed by atoms with Crippen LogP contribution in [0.4, 0.5) is 11.7 Å². The quantitative estimate of drug-likeness (QED) is 0.136. The number of amides is 1. The number of phenols is 1. The number of rotatable bonds is 12. The van der Waals surface area contributed by atoms with Crippen LogP contribution in [-0.2, 0) is 16.4 Å². The predicted octanol–water partition coefficient (Wildman–Crippen LogP) is 3.38. The maximum atomic E-state index is 13.8. The molecule has 1 heterocycles. The number of aliphatic hydroxyl groups excluding tert-OH is 1. The number of nitro groups is 1. The summed E-state index contributed by atoms with van der Waals surface area (Å²) in [6.07, 6.45) is -1.24. The molecule has 5 N–H and O–H groups in total. The summed E-state index contributed by atoms with van der Waals surface area (Å²) in [5.74, 6) is -1.45. The van der Waals surface area contributed by atoms with Crippen LogP contribution in [-0.4, -0.2) is 64.0 Å². The zero-order valence-corrected chi connectivity index (χ0v) is 24.6. The van der Waals surface area contributed by atoms with Crippen LogP contribution in [0.3, 0.4) is 0 Å². The molecule has 0 aliphatic heterocycles. The Bertz CT molecular complexity index is 1740. The monoisotopic (exact) mass is 611 g/mol. The summed E-state index contributed by atoms with van der Waals surface area (Å²) in [6, 6.07) is 14.3. The second-order valence-electron chi connectivity index (χ2n) is 10.6. The van der Waals surface area contributed by atoms with Crippen LogP contribution in [0.25, 0.3) is 11.1 Å². The molecule has 0 saturated carbocycles. The van der Waals surface area contributed by atoms with Crippen LogP contribution in [0.15, 0.2) is 70.0 Å². The molecule has 0 bridgehead atoms. The van der Waals surface area contributed by atoms with Crippen LogP contribution in [0, 0.1) is 23.0 Å². The van der Waals surface area contributed by atoms with Crippen LogP contribution < -0.4 is 11.1 Å². The molecule has 2 atom stereocenters. The van der Waals surface area contributed by atoms with Gasteiger partial charge in [0.05, 0.1) is 22.0 Å². The van der Waals surface area contributed by atoms with Gasteiger partial charge in [-0.25, -0.2) is 8.42 Å². The number of aliphatic hydroxyl groups is 1. The second kappa shape index (κ2) is 12.8. The lowest BCUT2D eigenvalue weighted by molar-refractivity contribution is -0.385. The number of nitrogens with two attached hydrogens (primary N) is 1. The number of carbonyl (C=O) groups is 1. The number of oxazole rings is 1. The largest absolute Gasteiger partial charge is 0.502 e. The third kappa shape index (κ3) is 7.10. The number of phenolic OH excluding ortho intramolecular Hbond substituents is 1. The average molecular weight is 612 g/mol. The number of nitrogens with zero attached hydrogens (tertiary/aromatic N) is 3. The van der Waals surface area contributed by atoms with E-state index in [9.17, 15) is 33.5 Å². The Morgan fingerprint density at radius 1 is 1.14 bits per heavy atom. The molecule has 0 saturated heterocycles. The van der Waals surface area contributed by atoms with Gasteiger partial charge in [-0.05, 0) is 43.0 Å². The van der Waals surface area contributed by atoms with Crippen molar-refractivity contribution >= 4 is 38.7 Å². The SMILES string of the molecule is Cc1c(C(=O)NC(Cc2ccccc2)C(O)CN(CC(C)C)S(=O)(=O)c2ccc3nc(N)oc3c2)ccc([N+](=O)[O-])c1O. The van der Waals surface area contributed by atoms with Gasteiger partial charge < -0.3 is 25.7 Å². The van der Waals surface area contributed by atoms with E-state index in [2.05, 4.69) is 10.3 Å². The Balaban J connectivity index is 1.65. The number of aromatic hydroxyl groups is 1. The van der Waals surface area contributed by atoms with Crippen molar-refractivity contribution in [2.75, 3.05) is 18.8 Å². The topological polar surface area (TPSA) is 202 Å². The normalized spacial score (nSPS) is 13.3. The maximum absolute atomic E-state index is 13.8. The van der Waals surface area contributed by atoms with E-state index in [1.807, 2.05) is 19.9 Å². The summed E-state index contributed by atoms with van der Waals surface area (Å²) in [7, 11) is -4.15. The smallest absolute Gasteiger partial charge is 0.311 e. The number of nitrogens with one attached hydrogen (secondary N) is 1. The molecule has 0 aliphatic carbocycles. The minimum absolute atomic E-state index is 0.00731. The number of anilines is 1. The van der Waals surface area contributed by atoms with Crippen LogP contribution in [0.2, 0.25) is 0 Å². The van der Waals surface area contributed by atoms with Gasteiger partial charge in [0.15, 0.2) is 11.3 Å². The van der Waals surface area contributed by atoms with E-state index in [4.69, 9.17) is 10.2 Å². The molecule has 3 aromatic carbocycles. The summed E-state index contributed by atoms with van der Waals surface area (Å²) in [5, 5.41) is 35.7. The molecule has 0 spiro atoms. The standard InChI is InChI=1S/C29H33N5O8S/c1-17(2)15-33(43(40,41)20-9-11-22-26(14-20)42-29(30)32-22)16-25(35)23(13-19-7-5-4-6-8-19)31-28(37)21-10-12-24(34(38)39)27(36)18(21)3/h4-12,14,17,23,25,35-36H,13,15-16H2,1-3H3,(H2,30,32)(H,31,37). The minimum atomic E-state index is -4.15. The number of aromatic nitrogens is 1. The van der Waals surface area contributed by atoms with E-state index < -0.39 is 44.4 Å². The number of nitrogen functional groups attached to an aromatic ring is 1. The molecular weight excluding hydrogens is 578 g/mol. The number of sulfonamides is 1. The molecule has 13 nitrogen and oxygen atoms in total. The fourth-order valence-electron chi connectivity index (χ4n) is 4.72. The average Bonchev–Trinajstić information content (AvgIpc) is 3.33. The molecule has 1 aromatic heterocycles. The van der Waals surface area contributed by atoms with Crippen molar-refractivity contribution in [1.82, 2.24) is 14.6 Å². The maximum Gasteiger partial charge on any atom is 0.311 e. The number of nitro benzene ring substituents is 1. The van der Waals surface area contributed by atoms with E-state index in [1.54, 1.807) is 24.3 Å². The van der Waals surface area contributed by atoms with Gasteiger partial charge >= 0.3 is 5.69 Å². The fraction of sp³-hybridized carbons (Fsp3) is 0.310. The van der Waals surface area contributed by atoms with E-state index in [-0.39, 0.29) is 53.0 Å². The van der Waals surface area contributed by atoms with Crippen LogP contribution >= 0.6 is 0 Å². The van der Waals surface area contributed by atoms with Gasteiger partial charge in [0.25, 0.3) is 11.9 Å². The zero-order chi connectivity index (χ0) is 31.5. The molecule has 4 aromatic rings. The van der Waals surface area contributed by atoms with Crippen molar-refractivity contribution < 1.29 is 32.8 Å². The van der Waals surface area contributed by atoms with E-state index in [0.717, 1.165) is 15.9 Å². The van der Waals surface area contributed by atoms with Crippen molar-refractivity contribution in [1.29, 1.82) is 0 Å². The Labute approximate surface area is 248 Å². The Kier molecular flexibility index (Phi) is 9.33. The highest BCUT2D eigenvalue weighted by atomic mass is 32.2. The highest BCUT2D eigenvalue weighted by Crippen LogP contribution is 2.31. The van der Waals surface area contributed by atoms with Crippen LogP contribution in [0.1, 0.15) is 35.3 Å². The molecule has 4 rings (SSSR count). The predicted molar refractivity (Wildman–Crippen MR) is 159 cm³/mol. The Morgan fingerprint density at radius 3 is 2.49 bits per heavy atom. The van der Waals surface area contributed by atoms with E-state index >= 15 is 0 Å². The van der Waals surface area contributed by atoms with Gasteiger partial charge in [0.2, 0.25) is 10.0 Å². The lowest BCUT2D eigenvalue weighted by Gasteiger charge is -2.31. The summed E-state index contributed by atoms with van der Waals surface area (Å²) < 4.78 is 34.1. The summed E-state index contributed by atoms with van der Waals surface area (Å²) in [6.45, 7) is 4.75. The highest BCUT2D eigenvalue weighted by Gasteiger charge is 2.32. The zero-order valence-electron chi connectivity index (χ0n) is 23.8. The van der Waals surface area contributed by atoms with Gasteiger partial charge in [0.1, 0.15) is 5.52 Å². The van der Waals surface area contributed by atoms with E-state index in [1.165, 1.54) is 31.2 Å². The molecule has 0 aliphatic rings. The summed E-state index contributed by atoms with van der Waals surface area (Å²) in [5.41, 5.74) is 6.38. The van der Waals surface area contributed by atoms with Crippen molar-refractivity contribution in [3.63, 3.8) is 0 Å². The van der Waals surface area contributed by atoms with Gasteiger partial charge in [-0.15, -0.1) is 0 Å². The van der Waals surface area contributed by atoms with Crippen molar-refractivity contribution in [2.24, 2.45) is 5.92 Å². The first-order valence-electron chi connectivity index (χ1n) is 13.4. The lowest BCUT2D eigenvalue weighted by atomic mass is 9.99. The third-order valence-corrected chi connectivity index (χ3v) is 8.73. The number of fused-ring (bicyclic) bond motifs is 1. The number of carbonyl (C=O) groups excluding carboxylic acids is 1. The number of benzene rings is 3.